The molecular formula is C14H22O. The van der Waals surface area contributed by atoms with Crippen LogP contribution < -0.4 is 0 Å². The van der Waals surface area contributed by atoms with Crippen LogP contribution in [0, 0.1) is 0 Å². The predicted molar refractivity (Wildman–Crippen MR) is 65.1 cm³/mol. The van der Waals surface area contributed by atoms with Crippen LogP contribution in [0.5, 0.6) is 0 Å². The summed E-state index contributed by atoms with van der Waals surface area (Å²) in [7, 11) is 0. The maximum absolute atomic E-state index is 9.61. The molecule has 1 rings (SSSR count). The molecule has 1 aromatic rings. The molecule has 0 aliphatic heterocycles. The first kappa shape index (κ1) is 12.3. The van der Waals surface area contributed by atoms with Gasteiger partial charge in [-0.3, -0.25) is 0 Å². The Morgan fingerprint density at radius 1 is 1.27 bits per heavy atom. The highest BCUT2D eigenvalue weighted by molar-refractivity contribution is 5.28. The van der Waals surface area contributed by atoms with E-state index in [1.54, 1.807) is 0 Å². The molecule has 0 saturated carbocycles. The Balaban J connectivity index is 2.84. The van der Waals surface area contributed by atoms with Gasteiger partial charge in [0, 0.05) is 0 Å². The van der Waals surface area contributed by atoms with Crippen molar-refractivity contribution in [2.24, 2.45) is 0 Å². The summed E-state index contributed by atoms with van der Waals surface area (Å²) in [6.07, 6.45) is 1.38. The zero-order valence-corrected chi connectivity index (χ0v) is 10.2. The SMILES string of the molecule is CCC(O)Cc1cccc(C(C)(C)C)c1. The molecule has 0 saturated heterocycles. The molecule has 0 fully saturated rings. The van der Waals surface area contributed by atoms with Crippen LogP contribution in [0.15, 0.2) is 24.3 Å². The van der Waals surface area contributed by atoms with Gasteiger partial charge in [-0.15, -0.1) is 0 Å². The third-order valence-corrected chi connectivity index (χ3v) is 2.74. The van der Waals surface area contributed by atoms with Gasteiger partial charge in [-0.05, 0) is 29.4 Å². The number of aliphatic hydroxyl groups is 1. The predicted octanol–water partition coefficient (Wildman–Crippen LogP) is 3.30. The number of hydrogen-bond donors (Lipinski definition) is 1. The van der Waals surface area contributed by atoms with Crippen LogP contribution in [-0.4, -0.2) is 11.2 Å². The van der Waals surface area contributed by atoms with Crippen molar-refractivity contribution in [2.75, 3.05) is 0 Å². The molecule has 1 nitrogen and oxygen atoms in total. The minimum Gasteiger partial charge on any atom is -0.393 e. The van der Waals surface area contributed by atoms with Crippen molar-refractivity contribution in [1.82, 2.24) is 0 Å². The minimum absolute atomic E-state index is 0.188. The lowest BCUT2D eigenvalue weighted by Crippen LogP contribution is -2.13. The number of benzene rings is 1. The van der Waals surface area contributed by atoms with E-state index in [1.165, 1.54) is 11.1 Å². The molecule has 1 aromatic carbocycles. The van der Waals surface area contributed by atoms with Gasteiger partial charge >= 0.3 is 0 Å². The Hall–Kier alpha value is -0.820. The van der Waals surface area contributed by atoms with E-state index in [9.17, 15) is 5.11 Å². The van der Waals surface area contributed by atoms with E-state index in [2.05, 4.69) is 45.0 Å². The molecule has 0 aliphatic rings. The maximum Gasteiger partial charge on any atom is 0.0577 e. The lowest BCUT2D eigenvalue weighted by Gasteiger charge is -2.20. The second-order valence-corrected chi connectivity index (χ2v) is 5.22. The van der Waals surface area contributed by atoms with Gasteiger partial charge in [-0.1, -0.05) is 52.0 Å². The fourth-order valence-corrected chi connectivity index (χ4v) is 1.58. The highest BCUT2D eigenvalue weighted by Gasteiger charge is 2.14. The Morgan fingerprint density at radius 3 is 2.47 bits per heavy atom. The first-order chi connectivity index (χ1) is 6.93. The standard InChI is InChI=1S/C14H22O/c1-5-13(15)10-11-7-6-8-12(9-11)14(2,3)4/h6-9,13,15H,5,10H2,1-4H3. The minimum atomic E-state index is -0.208. The largest absolute Gasteiger partial charge is 0.393 e. The fourth-order valence-electron chi connectivity index (χ4n) is 1.58. The number of aliphatic hydroxyl groups excluding tert-OH is 1. The maximum atomic E-state index is 9.61. The van der Waals surface area contributed by atoms with E-state index < -0.39 is 0 Å². The zero-order valence-electron chi connectivity index (χ0n) is 10.2. The van der Waals surface area contributed by atoms with Gasteiger partial charge < -0.3 is 5.11 Å². The third kappa shape index (κ3) is 3.67. The Kier molecular flexibility index (Phi) is 3.92. The van der Waals surface area contributed by atoms with Crippen LogP contribution in [0.4, 0.5) is 0 Å². The van der Waals surface area contributed by atoms with Crippen LogP contribution >= 0.6 is 0 Å². The van der Waals surface area contributed by atoms with Crippen molar-refractivity contribution in [3.63, 3.8) is 0 Å². The molecule has 0 amide bonds. The molecule has 1 unspecified atom stereocenters. The van der Waals surface area contributed by atoms with Crippen LogP contribution in [-0.2, 0) is 11.8 Å². The molecule has 15 heavy (non-hydrogen) atoms. The van der Waals surface area contributed by atoms with Crippen molar-refractivity contribution in [2.45, 2.75) is 52.1 Å². The van der Waals surface area contributed by atoms with E-state index in [4.69, 9.17) is 0 Å². The van der Waals surface area contributed by atoms with E-state index in [0.29, 0.717) is 0 Å². The van der Waals surface area contributed by atoms with Crippen molar-refractivity contribution < 1.29 is 5.11 Å². The smallest absolute Gasteiger partial charge is 0.0577 e. The van der Waals surface area contributed by atoms with Crippen molar-refractivity contribution in [3.05, 3.63) is 35.4 Å². The van der Waals surface area contributed by atoms with Crippen molar-refractivity contribution in [1.29, 1.82) is 0 Å². The van der Waals surface area contributed by atoms with Crippen LogP contribution in [0.1, 0.15) is 45.2 Å². The van der Waals surface area contributed by atoms with Crippen molar-refractivity contribution in [3.8, 4) is 0 Å². The zero-order chi connectivity index (χ0) is 11.5. The highest BCUT2D eigenvalue weighted by atomic mass is 16.3. The molecule has 0 heterocycles. The summed E-state index contributed by atoms with van der Waals surface area (Å²) in [5.74, 6) is 0. The summed E-state index contributed by atoms with van der Waals surface area (Å²) >= 11 is 0. The Labute approximate surface area is 93.1 Å². The molecule has 1 heteroatoms. The monoisotopic (exact) mass is 206 g/mol. The lowest BCUT2D eigenvalue weighted by atomic mass is 9.85. The quantitative estimate of drug-likeness (QED) is 0.804. The van der Waals surface area contributed by atoms with E-state index in [0.717, 1.165) is 12.8 Å². The number of rotatable bonds is 3. The second kappa shape index (κ2) is 4.80. The summed E-state index contributed by atoms with van der Waals surface area (Å²) in [6.45, 7) is 8.64. The molecule has 0 aliphatic carbocycles. The third-order valence-electron chi connectivity index (χ3n) is 2.74. The number of hydrogen-bond acceptors (Lipinski definition) is 1. The van der Waals surface area contributed by atoms with Crippen molar-refractivity contribution >= 4 is 0 Å². The Bertz CT molecular complexity index is 309. The average Bonchev–Trinajstić information content (AvgIpc) is 2.17. The van der Waals surface area contributed by atoms with E-state index >= 15 is 0 Å². The van der Waals surface area contributed by atoms with Crippen LogP contribution in [0.2, 0.25) is 0 Å². The summed E-state index contributed by atoms with van der Waals surface area (Å²) in [4.78, 5) is 0. The van der Waals surface area contributed by atoms with Gasteiger partial charge in [0.15, 0.2) is 0 Å². The molecule has 0 radical (unpaired) electrons. The van der Waals surface area contributed by atoms with Crippen LogP contribution in [0.3, 0.4) is 0 Å². The highest BCUT2D eigenvalue weighted by Crippen LogP contribution is 2.23. The molecule has 0 spiro atoms. The van der Waals surface area contributed by atoms with Gasteiger partial charge in [0.05, 0.1) is 6.10 Å². The average molecular weight is 206 g/mol. The van der Waals surface area contributed by atoms with Gasteiger partial charge in [0.1, 0.15) is 0 Å². The second-order valence-electron chi connectivity index (χ2n) is 5.22. The summed E-state index contributed by atoms with van der Waals surface area (Å²) in [5, 5.41) is 9.61. The lowest BCUT2D eigenvalue weighted by molar-refractivity contribution is 0.171. The topological polar surface area (TPSA) is 20.2 Å². The van der Waals surface area contributed by atoms with E-state index in [-0.39, 0.29) is 11.5 Å². The fraction of sp³-hybridized carbons (Fsp3) is 0.571. The van der Waals surface area contributed by atoms with Crippen LogP contribution in [0.25, 0.3) is 0 Å². The molecular weight excluding hydrogens is 184 g/mol. The molecule has 1 N–H and O–H groups in total. The molecule has 1 atom stereocenters. The molecule has 0 aromatic heterocycles. The van der Waals surface area contributed by atoms with E-state index in [1.807, 2.05) is 6.92 Å². The van der Waals surface area contributed by atoms with Gasteiger partial charge in [0.2, 0.25) is 0 Å². The summed E-state index contributed by atoms with van der Waals surface area (Å²) in [5.41, 5.74) is 2.76. The summed E-state index contributed by atoms with van der Waals surface area (Å²) < 4.78 is 0. The van der Waals surface area contributed by atoms with Gasteiger partial charge in [-0.2, -0.15) is 0 Å². The first-order valence-corrected chi connectivity index (χ1v) is 5.71. The normalized spacial score (nSPS) is 13.9. The first-order valence-electron chi connectivity index (χ1n) is 5.71. The van der Waals surface area contributed by atoms with Gasteiger partial charge in [-0.25, -0.2) is 0 Å². The Morgan fingerprint density at radius 2 is 1.93 bits per heavy atom. The molecule has 0 bridgehead atoms. The van der Waals surface area contributed by atoms with Gasteiger partial charge in [0.25, 0.3) is 0 Å². The molecule has 84 valence electrons. The summed E-state index contributed by atoms with van der Waals surface area (Å²) in [6, 6.07) is 8.53.